The Morgan fingerprint density at radius 1 is 1.00 bits per heavy atom. The maximum absolute atomic E-state index is 12.8. The fourth-order valence-electron chi connectivity index (χ4n) is 3.74. The van der Waals surface area contributed by atoms with Gasteiger partial charge in [0.25, 0.3) is 5.91 Å². The molecular formula is C28H35N5O6S2. The van der Waals surface area contributed by atoms with Crippen molar-refractivity contribution in [3.8, 4) is 0 Å². The Morgan fingerprint density at radius 2 is 1.63 bits per heavy atom. The molecule has 0 spiro atoms. The smallest absolute Gasteiger partial charge is 0.348 e. The van der Waals surface area contributed by atoms with Crippen molar-refractivity contribution in [3.05, 3.63) is 57.2 Å². The first-order chi connectivity index (χ1) is 19.4. The molecule has 2 amide bonds. The number of anilines is 1. The highest BCUT2D eigenvalue weighted by Crippen LogP contribution is 2.34. The van der Waals surface area contributed by atoms with Gasteiger partial charge in [0, 0.05) is 12.6 Å². The minimum Gasteiger partial charge on any atom is -0.462 e. The van der Waals surface area contributed by atoms with Crippen LogP contribution in [-0.4, -0.2) is 57.5 Å². The maximum Gasteiger partial charge on any atom is 0.348 e. The topological polar surface area (TPSA) is 142 Å². The molecule has 0 aliphatic carbocycles. The van der Waals surface area contributed by atoms with Crippen LogP contribution in [0.3, 0.4) is 0 Å². The summed E-state index contributed by atoms with van der Waals surface area (Å²) in [6, 6.07) is 7.49. The Labute approximate surface area is 247 Å². The normalized spacial score (nSPS) is 11.2. The van der Waals surface area contributed by atoms with Crippen LogP contribution in [0.2, 0.25) is 0 Å². The van der Waals surface area contributed by atoms with Gasteiger partial charge in [0.2, 0.25) is 5.91 Å². The molecule has 0 bridgehead atoms. The monoisotopic (exact) mass is 601 g/mol. The summed E-state index contributed by atoms with van der Waals surface area (Å²) >= 11 is 2.11. The second-order valence-corrected chi connectivity index (χ2v) is 12.0. The second-order valence-electron chi connectivity index (χ2n) is 10.0. The van der Waals surface area contributed by atoms with Crippen molar-refractivity contribution >= 4 is 51.9 Å². The molecule has 0 aliphatic heterocycles. The molecule has 0 aliphatic rings. The van der Waals surface area contributed by atoms with Crippen molar-refractivity contribution in [2.75, 3.05) is 24.3 Å². The third-order valence-electron chi connectivity index (χ3n) is 6.02. The number of ether oxygens (including phenoxy) is 2. The van der Waals surface area contributed by atoms with E-state index in [-0.39, 0.29) is 52.3 Å². The third-order valence-corrected chi connectivity index (χ3v) is 8.23. The number of amides is 2. The SMILES string of the molecule is CCOC(=O)c1sc(NC(=O)CSc2nnc(CNC(=O)c3ccc(C(C)(C)C)cc3)n2C)c(C(=O)OCC)c1C. The van der Waals surface area contributed by atoms with E-state index in [2.05, 4.69) is 41.6 Å². The largest absolute Gasteiger partial charge is 0.462 e. The molecule has 0 saturated carbocycles. The summed E-state index contributed by atoms with van der Waals surface area (Å²) in [5.74, 6) is -1.36. The summed E-state index contributed by atoms with van der Waals surface area (Å²) in [5.41, 5.74) is 2.20. The van der Waals surface area contributed by atoms with Crippen molar-refractivity contribution in [1.82, 2.24) is 20.1 Å². The molecule has 220 valence electrons. The number of thiophene rings is 1. The summed E-state index contributed by atoms with van der Waals surface area (Å²) in [6.45, 7) is 11.8. The molecule has 2 N–H and O–H groups in total. The lowest BCUT2D eigenvalue weighted by atomic mass is 9.87. The Bertz CT molecular complexity index is 1420. The molecule has 0 fully saturated rings. The van der Waals surface area contributed by atoms with Gasteiger partial charge >= 0.3 is 11.9 Å². The molecule has 0 saturated heterocycles. The summed E-state index contributed by atoms with van der Waals surface area (Å²) in [7, 11) is 1.74. The number of thioether (sulfide) groups is 1. The van der Waals surface area contributed by atoms with Crippen molar-refractivity contribution in [2.45, 2.75) is 58.7 Å². The number of nitrogens with zero attached hydrogens (tertiary/aromatic N) is 3. The van der Waals surface area contributed by atoms with E-state index >= 15 is 0 Å². The molecular weight excluding hydrogens is 566 g/mol. The molecule has 2 heterocycles. The second kappa shape index (κ2) is 13.8. The number of hydrogen-bond donors (Lipinski definition) is 2. The van der Waals surface area contributed by atoms with Gasteiger partial charge in [-0.3, -0.25) is 9.59 Å². The fraction of sp³-hybridized carbons (Fsp3) is 0.429. The van der Waals surface area contributed by atoms with Crippen LogP contribution < -0.4 is 10.6 Å². The minimum atomic E-state index is -0.634. The van der Waals surface area contributed by atoms with Gasteiger partial charge < -0.3 is 24.7 Å². The molecule has 2 aromatic heterocycles. The molecule has 0 radical (unpaired) electrons. The number of hydrogen-bond acceptors (Lipinski definition) is 10. The molecule has 0 unspecified atom stereocenters. The van der Waals surface area contributed by atoms with E-state index in [9.17, 15) is 19.2 Å². The fourth-order valence-corrected chi connectivity index (χ4v) is 5.58. The van der Waals surface area contributed by atoms with Crippen molar-refractivity contribution in [3.63, 3.8) is 0 Å². The van der Waals surface area contributed by atoms with Crippen LogP contribution in [0, 0.1) is 6.92 Å². The van der Waals surface area contributed by atoms with Crippen LogP contribution in [-0.2, 0) is 33.3 Å². The number of benzene rings is 1. The third kappa shape index (κ3) is 7.94. The van der Waals surface area contributed by atoms with Crippen LogP contribution in [0.25, 0.3) is 0 Å². The van der Waals surface area contributed by atoms with E-state index in [1.165, 1.54) is 0 Å². The first-order valence-corrected chi connectivity index (χ1v) is 14.8. The molecule has 41 heavy (non-hydrogen) atoms. The molecule has 11 nitrogen and oxygen atoms in total. The highest BCUT2D eigenvalue weighted by Gasteiger charge is 2.27. The van der Waals surface area contributed by atoms with Crippen molar-refractivity contribution in [1.29, 1.82) is 0 Å². The number of esters is 2. The van der Waals surface area contributed by atoms with E-state index in [0.717, 1.165) is 28.7 Å². The standard InChI is InChI=1S/C28H35N5O6S2/c1-8-38-25(36)21-16(3)22(26(37)39-9-2)41-24(21)30-20(34)15-40-27-32-31-19(33(27)7)14-29-23(35)17-10-12-18(13-11-17)28(4,5)6/h10-13H,8-9,14-15H2,1-7H3,(H,29,35)(H,30,34). The first-order valence-electron chi connectivity index (χ1n) is 13.0. The van der Waals surface area contributed by atoms with Crippen LogP contribution in [0.15, 0.2) is 29.4 Å². The quantitative estimate of drug-likeness (QED) is 0.240. The van der Waals surface area contributed by atoms with Gasteiger partial charge in [-0.1, -0.05) is 44.7 Å². The minimum absolute atomic E-state index is 0.00388. The van der Waals surface area contributed by atoms with Gasteiger partial charge in [-0.2, -0.15) is 0 Å². The van der Waals surface area contributed by atoms with Crippen LogP contribution in [0.4, 0.5) is 5.00 Å². The Hall–Kier alpha value is -3.71. The predicted octanol–water partition coefficient (Wildman–Crippen LogP) is 4.50. The van der Waals surface area contributed by atoms with Crippen molar-refractivity contribution in [2.24, 2.45) is 7.05 Å². The molecule has 3 rings (SSSR count). The average Bonchev–Trinajstić information content (AvgIpc) is 3.44. The van der Waals surface area contributed by atoms with Gasteiger partial charge in [-0.05, 0) is 49.4 Å². The van der Waals surface area contributed by atoms with Crippen LogP contribution in [0.1, 0.15) is 82.0 Å². The van der Waals surface area contributed by atoms with Crippen LogP contribution >= 0.6 is 23.1 Å². The van der Waals surface area contributed by atoms with E-state index in [1.807, 2.05) is 12.1 Å². The highest BCUT2D eigenvalue weighted by atomic mass is 32.2. The molecule has 0 atom stereocenters. The Kier molecular flexibility index (Phi) is 10.7. The number of aromatic nitrogens is 3. The molecule has 13 heteroatoms. The first kappa shape index (κ1) is 31.8. The lowest BCUT2D eigenvalue weighted by Gasteiger charge is -2.19. The van der Waals surface area contributed by atoms with E-state index in [1.54, 1.807) is 44.5 Å². The van der Waals surface area contributed by atoms with Gasteiger partial charge in [0.05, 0.1) is 31.1 Å². The Balaban J connectivity index is 1.62. The zero-order chi connectivity index (χ0) is 30.3. The van der Waals surface area contributed by atoms with Crippen LogP contribution in [0.5, 0.6) is 0 Å². The number of rotatable bonds is 11. The average molecular weight is 602 g/mol. The predicted molar refractivity (Wildman–Crippen MR) is 158 cm³/mol. The summed E-state index contributed by atoms with van der Waals surface area (Å²) in [5, 5.41) is 14.5. The summed E-state index contributed by atoms with van der Waals surface area (Å²) < 4.78 is 11.9. The number of carbonyl (C=O) groups excluding carboxylic acids is 4. The maximum atomic E-state index is 12.8. The van der Waals surface area contributed by atoms with E-state index in [4.69, 9.17) is 9.47 Å². The highest BCUT2D eigenvalue weighted by molar-refractivity contribution is 7.99. The van der Waals surface area contributed by atoms with Gasteiger partial charge in [-0.15, -0.1) is 21.5 Å². The zero-order valence-electron chi connectivity index (χ0n) is 24.2. The summed E-state index contributed by atoms with van der Waals surface area (Å²) in [4.78, 5) is 50.6. The summed E-state index contributed by atoms with van der Waals surface area (Å²) in [6.07, 6.45) is 0. The van der Waals surface area contributed by atoms with Gasteiger partial charge in [0.1, 0.15) is 9.88 Å². The molecule has 1 aromatic carbocycles. The number of carbonyl (C=O) groups is 4. The zero-order valence-corrected chi connectivity index (χ0v) is 25.9. The van der Waals surface area contributed by atoms with Gasteiger partial charge in [-0.25, -0.2) is 9.59 Å². The number of nitrogens with one attached hydrogen (secondary N) is 2. The Morgan fingerprint density at radius 3 is 2.24 bits per heavy atom. The lowest BCUT2D eigenvalue weighted by molar-refractivity contribution is -0.113. The van der Waals surface area contributed by atoms with E-state index in [0.29, 0.717) is 22.1 Å². The molecule has 3 aromatic rings. The van der Waals surface area contributed by atoms with Gasteiger partial charge in [0.15, 0.2) is 11.0 Å². The van der Waals surface area contributed by atoms with Crippen molar-refractivity contribution < 1.29 is 28.7 Å². The van der Waals surface area contributed by atoms with E-state index < -0.39 is 17.8 Å². The lowest BCUT2D eigenvalue weighted by Crippen LogP contribution is -2.24.